The van der Waals surface area contributed by atoms with Crippen LogP contribution in [0.15, 0.2) is 0 Å². The van der Waals surface area contributed by atoms with Gasteiger partial charge in [-0.05, 0) is 0 Å². The Hall–Kier alpha value is -0.810. The number of thiazole rings is 1. The van der Waals surface area contributed by atoms with E-state index in [2.05, 4.69) is 4.98 Å². The molecule has 1 aromatic rings. The number of ether oxygens (including phenoxy) is 2. The van der Waals surface area contributed by atoms with Gasteiger partial charge in [0.1, 0.15) is 11.0 Å². The van der Waals surface area contributed by atoms with E-state index in [0.29, 0.717) is 5.88 Å². The minimum Gasteiger partial charge on any atom is -0.480 e. The van der Waals surface area contributed by atoms with Crippen molar-refractivity contribution in [2.75, 3.05) is 32.7 Å². The van der Waals surface area contributed by atoms with Gasteiger partial charge in [0, 0.05) is 14.1 Å². The lowest BCUT2D eigenvalue weighted by Crippen LogP contribution is -2.07. The molecule has 0 saturated carbocycles. The fourth-order valence-corrected chi connectivity index (χ4v) is 2.04. The van der Waals surface area contributed by atoms with Crippen LogP contribution in [0.5, 0.6) is 5.88 Å². The molecule has 1 atom stereocenters. The Kier molecular flexibility index (Phi) is 2.13. The minimum absolute atomic E-state index is 0.223. The summed E-state index contributed by atoms with van der Waals surface area (Å²) in [5.74, 6) is 0.705. The van der Waals surface area contributed by atoms with E-state index in [0.717, 1.165) is 16.6 Å². The van der Waals surface area contributed by atoms with E-state index in [4.69, 9.17) is 9.47 Å². The average molecular weight is 200 g/mol. The van der Waals surface area contributed by atoms with Gasteiger partial charge in [0.05, 0.1) is 13.7 Å². The topological polar surface area (TPSA) is 37.9 Å². The van der Waals surface area contributed by atoms with Gasteiger partial charge in [-0.1, -0.05) is 11.3 Å². The molecule has 5 heteroatoms. The molecular weight excluding hydrogens is 188 g/mol. The monoisotopic (exact) mass is 200 g/mol. The van der Waals surface area contributed by atoms with Gasteiger partial charge in [-0.3, -0.25) is 0 Å². The summed E-state index contributed by atoms with van der Waals surface area (Å²) >= 11 is 1.63. The summed E-state index contributed by atoms with van der Waals surface area (Å²) in [5.41, 5.74) is 0. The zero-order valence-corrected chi connectivity index (χ0v) is 8.72. The lowest BCUT2D eigenvalue weighted by Gasteiger charge is -2.04. The molecule has 1 fully saturated rings. The van der Waals surface area contributed by atoms with Crippen LogP contribution in [-0.4, -0.2) is 32.8 Å². The van der Waals surface area contributed by atoms with Crippen LogP contribution >= 0.6 is 11.3 Å². The molecule has 1 aliphatic heterocycles. The van der Waals surface area contributed by atoms with Crippen molar-refractivity contribution in [2.24, 2.45) is 0 Å². The second-order valence-corrected chi connectivity index (χ2v) is 4.10. The summed E-state index contributed by atoms with van der Waals surface area (Å²) in [6.07, 6.45) is 0.223. The van der Waals surface area contributed by atoms with Crippen molar-refractivity contribution in [3.63, 3.8) is 0 Å². The van der Waals surface area contributed by atoms with E-state index < -0.39 is 0 Å². The maximum atomic E-state index is 5.20. The van der Waals surface area contributed by atoms with Gasteiger partial charge in [-0.2, -0.15) is 4.98 Å². The van der Waals surface area contributed by atoms with Gasteiger partial charge in [0.15, 0.2) is 5.13 Å². The molecule has 0 spiro atoms. The van der Waals surface area contributed by atoms with E-state index in [9.17, 15) is 0 Å². The van der Waals surface area contributed by atoms with Gasteiger partial charge in [0.25, 0.3) is 0 Å². The molecule has 0 aromatic carbocycles. The first-order valence-electron chi connectivity index (χ1n) is 4.06. The summed E-state index contributed by atoms with van der Waals surface area (Å²) in [6.45, 7) is 0.797. The zero-order valence-electron chi connectivity index (χ0n) is 7.90. The van der Waals surface area contributed by atoms with Gasteiger partial charge >= 0.3 is 0 Å². The fraction of sp³-hybridized carbons (Fsp3) is 0.625. The Labute approximate surface area is 81.1 Å². The standard InChI is InChI=1S/C8H12N2O2S/c1-10(2)8-9-7(11-3)6(13-8)5-4-12-5/h5H,4H2,1-3H3. The Bertz CT molecular complexity index is 307. The Morgan fingerprint density at radius 1 is 1.62 bits per heavy atom. The van der Waals surface area contributed by atoms with Crippen LogP contribution in [0.1, 0.15) is 11.0 Å². The molecule has 2 rings (SSSR count). The molecule has 2 heterocycles. The summed E-state index contributed by atoms with van der Waals surface area (Å²) in [7, 11) is 5.58. The Morgan fingerprint density at radius 2 is 2.31 bits per heavy atom. The average Bonchev–Trinajstić information content (AvgIpc) is 2.84. The molecule has 1 aromatic heterocycles. The first-order valence-corrected chi connectivity index (χ1v) is 4.87. The summed E-state index contributed by atoms with van der Waals surface area (Å²) in [6, 6.07) is 0. The lowest BCUT2D eigenvalue weighted by atomic mass is 10.4. The number of hydrogen-bond donors (Lipinski definition) is 0. The van der Waals surface area contributed by atoms with Crippen molar-refractivity contribution in [3.8, 4) is 5.88 Å². The molecule has 1 saturated heterocycles. The third-order valence-electron chi connectivity index (χ3n) is 1.81. The molecule has 0 bridgehead atoms. The van der Waals surface area contributed by atoms with E-state index in [1.54, 1.807) is 18.4 Å². The Balaban J connectivity index is 2.31. The number of nitrogens with zero attached hydrogens (tertiary/aromatic N) is 2. The van der Waals surface area contributed by atoms with Gasteiger partial charge in [0.2, 0.25) is 5.88 Å². The van der Waals surface area contributed by atoms with Crippen LogP contribution in [0.3, 0.4) is 0 Å². The van der Waals surface area contributed by atoms with Crippen LogP contribution < -0.4 is 9.64 Å². The number of methoxy groups -OCH3 is 1. The molecule has 0 N–H and O–H groups in total. The summed E-state index contributed by atoms with van der Waals surface area (Å²) < 4.78 is 10.4. The second kappa shape index (κ2) is 3.16. The first-order chi connectivity index (χ1) is 6.22. The molecular formula is C8H12N2O2S. The van der Waals surface area contributed by atoms with E-state index in [1.165, 1.54) is 0 Å². The van der Waals surface area contributed by atoms with E-state index in [1.807, 2.05) is 19.0 Å². The number of rotatable bonds is 3. The van der Waals surface area contributed by atoms with Crippen molar-refractivity contribution in [3.05, 3.63) is 4.88 Å². The molecule has 1 unspecified atom stereocenters. The third-order valence-corrected chi connectivity index (χ3v) is 3.11. The molecule has 72 valence electrons. The highest BCUT2D eigenvalue weighted by Gasteiger charge is 2.31. The van der Waals surface area contributed by atoms with Crippen molar-refractivity contribution in [1.82, 2.24) is 4.98 Å². The van der Waals surface area contributed by atoms with E-state index >= 15 is 0 Å². The molecule has 0 amide bonds. The maximum Gasteiger partial charge on any atom is 0.232 e. The van der Waals surface area contributed by atoms with Crippen LogP contribution in [0.4, 0.5) is 5.13 Å². The highest BCUT2D eigenvalue weighted by Crippen LogP contribution is 2.42. The number of epoxide rings is 1. The summed E-state index contributed by atoms with van der Waals surface area (Å²) in [5, 5.41) is 0.961. The lowest BCUT2D eigenvalue weighted by molar-refractivity contribution is 0.377. The largest absolute Gasteiger partial charge is 0.480 e. The highest BCUT2D eigenvalue weighted by molar-refractivity contribution is 7.16. The van der Waals surface area contributed by atoms with Crippen LogP contribution in [-0.2, 0) is 4.74 Å². The predicted molar refractivity (Wildman–Crippen MR) is 51.7 cm³/mol. The van der Waals surface area contributed by atoms with Crippen molar-refractivity contribution in [1.29, 1.82) is 0 Å². The molecule has 0 radical (unpaired) electrons. The second-order valence-electron chi connectivity index (χ2n) is 3.09. The fourth-order valence-electron chi connectivity index (χ4n) is 1.05. The first kappa shape index (κ1) is 8.77. The Morgan fingerprint density at radius 3 is 2.77 bits per heavy atom. The smallest absolute Gasteiger partial charge is 0.232 e. The van der Waals surface area contributed by atoms with Gasteiger partial charge < -0.3 is 14.4 Å². The molecule has 13 heavy (non-hydrogen) atoms. The number of hydrogen-bond acceptors (Lipinski definition) is 5. The van der Waals surface area contributed by atoms with Gasteiger partial charge in [-0.25, -0.2) is 0 Å². The van der Waals surface area contributed by atoms with Crippen LogP contribution in [0, 0.1) is 0 Å². The highest BCUT2D eigenvalue weighted by atomic mass is 32.1. The van der Waals surface area contributed by atoms with E-state index in [-0.39, 0.29) is 6.10 Å². The van der Waals surface area contributed by atoms with Crippen LogP contribution in [0.2, 0.25) is 0 Å². The molecule has 1 aliphatic rings. The minimum atomic E-state index is 0.223. The third kappa shape index (κ3) is 1.62. The normalized spacial score (nSPS) is 20.1. The molecule has 4 nitrogen and oxygen atoms in total. The van der Waals surface area contributed by atoms with Crippen molar-refractivity contribution < 1.29 is 9.47 Å². The molecule has 0 aliphatic carbocycles. The summed E-state index contributed by atoms with van der Waals surface area (Å²) in [4.78, 5) is 7.41. The zero-order chi connectivity index (χ0) is 9.42. The number of aromatic nitrogens is 1. The predicted octanol–water partition coefficient (Wildman–Crippen LogP) is 1.29. The van der Waals surface area contributed by atoms with Gasteiger partial charge in [-0.15, -0.1) is 0 Å². The van der Waals surface area contributed by atoms with Crippen molar-refractivity contribution >= 4 is 16.5 Å². The SMILES string of the molecule is COc1nc(N(C)C)sc1C1CO1. The van der Waals surface area contributed by atoms with Crippen LogP contribution in [0.25, 0.3) is 0 Å². The number of anilines is 1. The quantitative estimate of drug-likeness (QED) is 0.689. The van der Waals surface area contributed by atoms with Crippen molar-refractivity contribution in [2.45, 2.75) is 6.10 Å². The maximum absolute atomic E-state index is 5.20.